The molecule has 3 rings (SSSR count). The number of nitrogens with one attached hydrogen (secondary N) is 3. The largest absolute Gasteiger partial charge is 0.382 e. The number of carbonyl (C=O) groups excluding carboxylic acids is 3. The van der Waals surface area contributed by atoms with Crippen LogP contribution in [-0.4, -0.2) is 42.5 Å². The lowest BCUT2D eigenvalue weighted by atomic mass is 10.2. The molecule has 0 aliphatic carbocycles. The van der Waals surface area contributed by atoms with Crippen molar-refractivity contribution in [1.82, 2.24) is 10.3 Å². The zero-order valence-corrected chi connectivity index (χ0v) is 19.2. The number of hydrogen-bond acceptors (Lipinski definition) is 7. The van der Waals surface area contributed by atoms with Crippen LogP contribution in [0.4, 0.5) is 10.8 Å². The summed E-state index contributed by atoms with van der Waals surface area (Å²) in [7, 11) is 0. The van der Waals surface area contributed by atoms with Gasteiger partial charge in [-0.1, -0.05) is 12.1 Å². The van der Waals surface area contributed by atoms with Crippen LogP contribution >= 0.6 is 22.7 Å². The number of thiazole rings is 1. The summed E-state index contributed by atoms with van der Waals surface area (Å²) in [6.45, 7) is 3.70. The summed E-state index contributed by atoms with van der Waals surface area (Å²) in [5, 5.41) is 12.3. The molecule has 0 spiro atoms. The maximum absolute atomic E-state index is 12.4. The molecule has 0 saturated heterocycles. The minimum Gasteiger partial charge on any atom is -0.382 e. The minimum absolute atomic E-state index is 0.0548. The Kier molecular flexibility index (Phi) is 8.90. The van der Waals surface area contributed by atoms with Gasteiger partial charge in [-0.25, -0.2) is 4.98 Å². The third kappa shape index (κ3) is 7.26. The lowest BCUT2D eigenvalue weighted by Gasteiger charge is -2.08. The van der Waals surface area contributed by atoms with Gasteiger partial charge in [-0.15, -0.1) is 22.7 Å². The number of benzene rings is 1. The second kappa shape index (κ2) is 12.1. The Morgan fingerprint density at radius 1 is 1.06 bits per heavy atom. The van der Waals surface area contributed by atoms with E-state index in [2.05, 4.69) is 20.9 Å². The first kappa shape index (κ1) is 23.6. The molecule has 8 nitrogen and oxygen atoms in total. The van der Waals surface area contributed by atoms with E-state index < -0.39 is 0 Å². The first-order chi connectivity index (χ1) is 15.5. The lowest BCUT2D eigenvalue weighted by Crippen LogP contribution is -2.25. The first-order valence-electron chi connectivity index (χ1n) is 10.1. The van der Waals surface area contributed by atoms with Gasteiger partial charge in [0.15, 0.2) is 5.13 Å². The summed E-state index contributed by atoms with van der Waals surface area (Å²) in [4.78, 5) is 41.7. The highest BCUT2D eigenvalue weighted by Gasteiger charge is 2.13. The standard InChI is InChI=1S/C22H24N4O4S2/c1-2-30-10-5-9-23-20(28)15-6-3-7-16(12-15)24-19(27)13-17-14-32-22(25-17)26-21(29)18-8-4-11-31-18/h3-4,6-8,11-12,14H,2,5,9-10,13H2,1H3,(H,23,28)(H,24,27)(H,25,26,29). The summed E-state index contributed by atoms with van der Waals surface area (Å²) in [5.74, 6) is -0.692. The summed E-state index contributed by atoms with van der Waals surface area (Å²) in [6.07, 6.45) is 0.790. The maximum Gasteiger partial charge on any atom is 0.267 e. The van der Waals surface area contributed by atoms with E-state index in [9.17, 15) is 14.4 Å². The van der Waals surface area contributed by atoms with Gasteiger partial charge in [-0.05, 0) is 43.0 Å². The molecule has 0 atom stereocenters. The fourth-order valence-corrected chi connectivity index (χ4v) is 4.07. The number of hydrogen-bond donors (Lipinski definition) is 3. The van der Waals surface area contributed by atoms with Gasteiger partial charge in [0.25, 0.3) is 11.8 Å². The molecule has 3 aromatic rings. The van der Waals surface area contributed by atoms with Crippen LogP contribution in [0.1, 0.15) is 39.1 Å². The molecule has 0 aliphatic heterocycles. The van der Waals surface area contributed by atoms with Crippen LogP contribution in [0.5, 0.6) is 0 Å². The Bertz CT molecular complexity index is 1050. The average Bonchev–Trinajstić information content (AvgIpc) is 3.46. The number of amides is 3. The molecule has 2 heterocycles. The van der Waals surface area contributed by atoms with Crippen LogP contribution in [-0.2, 0) is 16.0 Å². The highest BCUT2D eigenvalue weighted by Crippen LogP contribution is 2.19. The number of rotatable bonds is 11. The molecule has 0 bridgehead atoms. The predicted octanol–water partition coefficient (Wildman–Crippen LogP) is 3.79. The SMILES string of the molecule is CCOCCCNC(=O)c1cccc(NC(=O)Cc2csc(NC(=O)c3cccs3)n2)c1. The Balaban J connectivity index is 1.49. The van der Waals surface area contributed by atoms with E-state index >= 15 is 0 Å². The van der Waals surface area contributed by atoms with E-state index in [0.717, 1.165) is 6.42 Å². The van der Waals surface area contributed by atoms with Gasteiger partial charge in [0.05, 0.1) is 17.0 Å². The van der Waals surface area contributed by atoms with Crippen molar-refractivity contribution in [1.29, 1.82) is 0 Å². The normalized spacial score (nSPS) is 10.5. The topological polar surface area (TPSA) is 109 Å². The molecule has 0 unspecified atom stereocenters. The van der Waals surface area contributed by atoms with Crippen LogP contribution in [0.3, 0.4) is 0 Å². The lowest BCUT2D eigenvalue weighted by molar-refractivity contribution is -0.115. The van der Waals surface area contributed by atoms with Gasteiger partial charge in [0.1, 0.15) is 0 Å². The van der Waals surface area contributed by atoms with Crippen LogP contribution in [0.25, 0.3) is 0 Å². The third-order valence-electron chi connectivity index (χ3n) is 4.22. The van der Waals surface area contributed by atoms with Gasteiger partial charge in [0, 0.05) is 36.4 Å². The van der Waals surface area contributed by atoms with Crippen LogP contribution in [0, 0.1) is 0 Å². The minimum atomic E-state index is -0.263. The smallest absolute Gasteiger partial charge is 0.267 e. The summed E-state index contributed by atoms with van der Waals surface area (Å²) in [5.41, 5.74) is 1.54. The fourth-order valence-electron chi connectivity index (χ4n) is 2.74. The van der Waals surface area contributed by atoms with E-state index in [0.29, 0.717) is 46.7 Å². The Morgan fingerprint density at radius 3 is 2.72 bits per heavy atom. The first-order valence-corrected chi connectivity index (χ1v) is 11.9. The molecule has 10 heteroatoms. The second-order valence-corrected chi connectivity index (χ2v) is 8.49. The molecule has 3 amide bonds. The quantitative estimate of drug-likeness (QED) is 0.368. The highest BCUT2D eigenvalue weighted by molar-refractivity contribution is 7.14. The van der Waals surface area contributed by atoms with E-state index in [1.807, 2.05) is 12.3 Å². The average molecular weight is 473 g/mol. The number of thiophene rings is 1. The van der Waals surface area contributed by atoms with Gasteiger partial charge in [-0.2, -0.15) is 0 Å². The summed E-state index contributed by atoms with van der Waals surface area (Å²) < 4.78 is 5.25. The van der Waals surface area contributed by atoms with Gasteiger partial charge < -0.3 is 15.4 Å². The van der Waals surface area contributed by atoms with Crippen molar-refractivity contribution in [2.24, 2.45) is 0 Å². The molecule has 0 fully saturated rings. The zero-order valence-electron chi connectivity index (χ0n) is 17.6. The molecule has 0 saturated carbocycles. The second-order valence-electron chi connectivity index (χ2n) is 6.69. The number of anilines is 2. The Labute approximate surface area is 194 Å². The van der Waals surface area contributed by atoms with E-state index in [1.54, 1.807) is 41.8 Å². The molecule has 3 N–H and O–H groups in total. The molecular weight excluding hydrogens is 448 g/mol. The van der Waals surface area contributed by atoms with Crippen molar-refractivity contribution < 1.29 is 19.1 Å². The van der Waals surface area contributed by atoms with E-state index in [4.69, 9.17) is 4.74 Å². The highest BCUT2D eigenvalue weighted by atomic mass is 32.1. The molecule has 32 heavy (non-hydrogen) atoms. The third-order valence-corrected chi connectivity index (χ3v) is 5.90. The summed E-state index contributed by atoms with van der Waals surface area (Å²) >= 11 is 2.61. The number of ether oxygens (including phenoxy) is 1. The van der Waals surface area contributed by atoms with Crippen molar-refractivity contribution >= 4 is 51.2 Å². The number of aromatic nitrogens is 1. The predicted molar refractivity (Wildman–Crippen MR) is 127 cm³/mol. The number of carbonyl (C=O) groups is 3. The molecule has 168 valence electrons. The van der Waals surface area contributed by atoms with Crippen LogP contribution < -0.4 is 16.0 Å². The number of nitrogens with zero attached hydrogens (tertiary/aromatic N) is 1. The van der Waals surface area contributed by atoms with Crippen molar-refractivity contribution in [3.63, 3.8) is 0 Å². The van der Waals surface area contributed by atoms with Crippen molar-refractivity contribution in [2.75, 3.05) is 30.4 Å². The maximum atomic E-state index is 12.4. The van der Waals surface area contributed by atoms with Crippen molar-refractivity contribution in [3.8, 4) is 0 Å². The van der Waals surface area contributed by atoms with Crippen molar-refractivity contribution in [2.45, 2.75) is 19.8 Å². The Morgan fingerprint density at radius 2 is 1.94 bits per heavy atom. The van der Waals surface area contributed by atoms with Gasteiger partial charge >= 0.3 is 0 Å². The molecule has 2 aromatic heterocycles. The molecular formula is C22H24N4O4S2. The monoisotopic (exact) mass is 472 g/mol. The fraction of sp³-hybridized carbons (Fsp3) is 0.273. The van der Waals surface area contributed by atoms with Gasteiger partial charge in [-0.3, -0.25) is 19.7 Å². The zero-order chi connectivity index (χ0) is 22.8. The van der Waals surface area contributed by atoms with Crippen molar-refractivity contribution in [3.05, 3.63) is 63.3 Å². The van der Waals surface area contributed by atoms with Crippen LogP contribution in [0.2, 0.25) is 0 Å². The molecule has 0 radical (unpaired) electrons. The molecule has 0 aliphatic rings. The van der Waals surface area contributed by atoms with Crippen LogP contribution in [0.15, 0.2) is 47.2 Å². The van der Waals surface area contributed by atoms with E-state index in [1.165, 1.54) is 22.7 Å². The summed E-state index contributed by atoms with van der Waals surface area (Å²) in [6, 6.07) is 10.3. The Hall–Kier alpha value is -3.08. The van der Waals surface area contributed by atoms with E-state index in [-0.39, 0.29) is 24.1 Å². The molecule has 1 aromatic carbocycles. The van der Waals surface area contributed by atoms with Gasteiger partial charge in [0.2, 0.25) is 5.91 Å².